The summed E-state index contributed by atoms with van der Waals surface area (Å²) in [7, 11) is 0. The van der Waals surface area contributed by atoms with E-state index in [2.05, 4.69) is 4.98 Å². The minimum Gasteiger partial charge on any atom is -0.299 e. The van der Waals surface area contributed by atoms with Gasteiger partial charge in [0.25, 0.3) is 0 Å². The molecule has 2 nitrogen and oxygen atoms in total. The summed E-state index contributed by atoms with van der Waals surface area (Å²) in [5.74, 6) is -1.08. The molecule has 0 N–H and O–H groups in total. The van der Waals surface area contributed by atoms with E-state index in [-0.39, 0.29) is 5.82 Å². The van der Waals surface area contributed by atoms with Crippen LogP contribution in [0.2, 0.25) is 0 Å². The number of alkyl halides is 6. The van der Waals surface area contributed by atoms with Crippen molar-refractivity contribution in [3.8, 4) is 17.1 Å². The minimum absolute atomic E-state index is 0.00684. The molecule has 3 rings (SSSR count). The summed E-state index contributed by atoms with van der Waals surface area (Å²) in [5, 5.41) is 0. The van der Waals surface area contributed by atoms with Crippen LogP contribution in [0, 0.1) is 6.92 Å². The van der Waals surface area contributed by atoms with Crippen LogP contribution in [-0.2, 0) is 6.18 Å². The van der Waals surface area contributed by atoms with Gasteiger partial charge in [0.15, 0.2) is 5.69 Å². The van der Waals surface area contributed by atoms with Crippen molar-refractivity contribution < 1.29 is 26.3 Å². The van der Waals surface area contributed by atoms with Crippen molar-refractivity contribution in [1.82, 2.24) is 9.55 Å². The molecule has 2 aromatic carbocycles. The number of halogens is 6. The van der Waals surface area contributed by atoms with Crippen molar-refractivity contribution in [3.63, 3.8) is 0 Å². The van der Waals surface area contributed by atoms with Crippen LogP contribution in [0.1, 0.15) is 11.3 Å². The zero-order valence-corrected chi connectivity index (χ0v) is 15.3. The summed E-state index contributed by atoms with van der Waals surface area (Å²) in [6, 6.07) is 12.9. The number of rotatable bonds is 4. The van der Waals surface area contributed by atoms with Crippen LogP contribution in [0.3, 0.4) is 0 Å². The maximum Gasteiger partial charge on any atom is 0.434 e. The first-order valence-electron chi connectivity index (χ1n) is 8.07. The molecule has 0 aliphatic rings. The van der Waals surface area contributed by atoms with Gasteiger partial charge in [-0.2, -0.15) is 26.3 Å². The van der Waals surface area contributed by atoms with E-state index in [0.29, 0.717) is 33.5 Å². The van der Waals surface area contributed by atoms with Crippen LogP contribution >= 0.6 is 11.8 Å². The number of thioether (sulfide) groups is 1. The molecule has 0 spiro atoms. The lowest BCUT2D eigenvalue weighted by molar-refractivity contribution is -0.140. The van der Waals surface area contributed by atoms with Crippen LogP contribution in [0.4, 0.5) is 26.3 Å². The highest BCUT2D eigenvalue weighted by Crippen LogP contribution is 2.35. The van der Waals surface area contributed by atoms with Gasteiger partial charge in [0.05, 0.1) is 5.75 Å². The van der Waals surface area contributed by atoms with Crippen molar-refractivity contribution in [2.24, 2.45) is 0 Å². The van der Waals surface area contributed by atoms with Gasteiger partial charge < -0.3 is 0 Å². The zero-order chi connectivity index (χ0) is 20.5. The maximum absolute atomic E-state index is 13.2. The third-order valence-electron chi connectivity index (χ3n) is 3.87. The monoisotopic (exact) mass is 416 g/mol. The van der Waals surface area contributed by atoms with E-state index in [9.17, 15) is 26.3 Å². The minimum atomic E-state index is -4.65. The lowest BCUT2D eigenvalue weighted by Gasteiger charge is -2.12. The normalized spacial score (nSPS) is 12.4. The molecule has 28 heavy (non-hydrogen) atoms. The van der Waals surface area contributed by atoms with E-state index in [0.717, 1.165) is 6.20 Å². The summed E-state index contributed by atoms with van der Waals surface area (Å²) in [4.78, 5) is 4.05. The molecule has 0 radical (unpaired) electrons. The highest BCUT2D eigenvalue weighted by atomic mass is 32.2. The van der Waals surface area contributed by atoms with Crippen molar-refractivity contribution in [2.75, 3.05) is 5.75 Å². The molecule has 0 fully saturated rings. The van der Waals surface area contributed by atoms with E-state index in [1.165, 1.54) is 10.6 Å². The molecule has 0 saturated heterocycles. The maximum atomic E-state index is 13.2. The van der Waals surface area contributed by atoms with Crippen LogP contribution in [0.5, 0.6) is 0 Å². The van der Waals surface area contributed by atoms with Crippen LogP contribution in [0.25, 0.3) is 17.1 Å². The molecular weight excluding hydrogens is 402 g/mol. The lowest BCUT2D eigenvalue weighted by atomic mass is 10.1. The number of benzene rings is 2. The largest absolute Gasteiger partial charge is 0.434 e. The second-order valence-corrected chi connectivity index (χ2v) is 7.05. The number of aromatic nitrogens is 2. The van der Waals surface area contributed by atoms with Crippen LogP contribution in [-0.4, -0.2) is 21.5 Å². The number of nitrogens with zero attached hydrogens (tertiary/aromatic N) is 2. The quantitative estimate of drug-likeness (QED) is 0.356. The fourth-order valence-electron chi connectivity index (χ4n) is 2.56. The average molecular weight is 416 g/mol. The molecule has 148 valence electrons. The Kier molecular flexibility index (Phi) is 5.47. The molecule has 0 aliphatic heterocycles. The highest BCUT2D eigenvalue weighted by molar-refractivity contribution is 7.99. The summed E-state index contributed by atoms with van der Waals surface area (Å²) >= 11 is 0.593. The number of aryl methyl sites for hydroxylation is 1. The predicted molar refractivity (Wildman–Crippen MR) is 95.5 cm³/mol. The molecule has 1 aromatic heterocycles. The summed E-state index contributed by atoms with van der Waals surface area (Å²) in [5.41, 5.74) is 0.295. The molecule has 0 unspecified atom stereocenters. The highest BCUT2D eigenvalue weighted by Gasteiger charge is 2.35. The fraction of sp³-hybridized carbons (Fsp3) is 0.211. The Morgan fingerprint density at radius 2 is 1.64 bits per heavy atom. The molecular formula is C19H14F6N2S. The van der Waals surface area contributed by atoms with Gasteiger partial charge in [-0.15, -0.1) is 11.8 Å². The standard InChI is InChI=1S/C19H14F6N2S/c1-12-7-8-13(9-15(12)28-11-18(20,21)22)17-26-16(19(23,24)25)10-27(17)14-5-3-2-4-6-14/h2-10H,11H2,1H3. The Morgan fingerprint density at radius 3 is 2.25 bits per heavy atom. The third kappa shape index (κ3) is 4.70. The van der Waals surface area contributed by atoms with E-state index in [1.54, 1.807) is 49.4 Å². The van der Waals surface area contributed by atoms with Crippen LogP contribution in [0.15, 0.2) is 59.6 Å². The van der Waals surface area contributed by atoms with E-state index in [4.69, 9.17) is 0 Å². The van der Waals surface area contributed by atoms with Gasteiger partial charge in [-0.3, -0.25) is 4.57 Å². The second-order valence-electron chi connectivity index (χ2n) is 6.04. The van der Waals surface area contributed by atoms with Crippen molar-refractivity contribution in [1.29, 1.82) is 0 Å². The summed E-state index contributed by atoms with van der Waals surface area (Å²) in [6.07, 6.45) is -8.11. The molecule has 3 aromatic rings. The lowest BCUT2D eigenvalue weighted by Crippen LogP contribution is -2.10. The van der Waals surface area contributed by atoms with E-state index in [1.807, 2.05) is 0 Å². The molecule has 0 atom stereocenters. The number of hydrogen-bond acceptors (Lipinski definition) is 2. The first-order valence-corrected chi connectivity index (χ1v) is 9.06. The smallest absolute Gasteiger partial charge is 0.299 e. The van der Waals surface area contributed by atoms with Gasteiger partial charge in [0, 0.05) is 22.3 Å². The molecule has 0 amide bonds. The molecule has 1 heterocycles. The first kappa shape index (κ1) is 20.3. The number of imidazole rings is 1. The van der Waals surface area contributed by atoms with Gasteiger partial charge in [-0.05, 0) is 30.7 Å². The van der Waals surface area contributed by atoms with E-state index >= 15 is 0 Å². The number of para-hydroxylation sites is 1. The Hall–Kier alpha value is -2.42. The van der Waals surface area contributed by atoms with Gasteiger partial charge in [-0.1, -0.05) is 30.3 Å². The van der Waals surface area contributed by atoms with Gasteiger partial charge in [0.1, 0.15) is 5.82 Å². The van der Waals surface area contributed by atoms with Gasteiger partial charge >= 0.3 is 12.4 Å². The van der Waals surface area contributed by atoms with Gasteiger partial charge in [0.2, 0.25) is 0 Å². The van der Waals surface area contributed by atoms with Crippen molar-refractivity contribution in [3.05, 3.63) is 66.0 Å². The Bertz CT molecular complexity index is 961. The predicted octanol–water partition coefficient (Wildman–Crippen LogP) is 6.52. The number of hydrogen-bond donors (Lipinski definition) is 0. The molecule has 9 heteroatoms. The van der Waals surface area contributed by atoms with E-state index < -0.39 is 23.8 Å². The van der Waals surface area contributed by atoms with Crippen molar-refractivity contribution >= 4 is 11.8 Å². The SMILES string of the molecule is Cc1ccc(-c2nc(C(F)(F)F)cn2-c2ccccc2)cc1SCC(F)(F)F. The Labute approximate surface area is 161 Å². The van der Waals surface area contributed by atoms with Crippen LogP contribution < -0.4 is 0 Å². The second kappa shape index (κ2) is 7.54. The molecule has 0 saturated carbocycles. The topological polar surface area (TPSA) is 17.8 Å². The van der Waals surface area contributed by atoms with Gasteiger partial charge in [-0.25, -0.2) is 4.98 Å². The zero-order valence-electron chi connectivity index (χ0n) is 14.5. The molecule has 0 aliphatic carbocycles. The first-order chi connectivity index (χ1) is 13.0. The Morgan fingerprint density at radius 1 is 0.964 bits per heavy atom. The third-order valence-corrected chi connectivity index (χ3v) is 5.09. The summed E-state index contributed by atoms with van der Waals surface area (Å²) in [6.45, 7) is 1.65. The fourth-order valence-corrected chi connectivity index (χ4v) is 3.39. The molecule has 0 bridgehead atoms. The average Bonchev–Trinajstić information content (AvgIpc) is 3.07. The summed E-state index contributed by atoms with van der Waals surface area (Å²) < 4.78 is 78.6. The Balaban J connectivity index is 2.09. The van der Waals surface area contributed by atoms with Crippen molar-refractivity contribution in [2.45, 2.75) is 24.2 Å².